The zero-order valence-electron chi connectivity index (χ0n) is 13.3. The molecule has 0 aliphatic carbocycles. The van der Waals surface area contributed by atoms with E-state index in [1.807, 2.05) is 12.1 Å². The van der Waals surface area contributed by atoms with Gasteiger partial charge in [0.15, 0.2) is 0 Å². The molecule has 0 saturated carbocycles. The molecule has 1 amide bonds. The van der Waals surface area contributed by atoms with Crippen LogP contribution in [0.15, 0.2) is 48.5 Å². The Morgan fingerprint density at radius 2 is 1.59 bits per heavy atom. The van der Waals surface area contributed by atoms with E-state index in [0.717, 1.165) is 11.1 Å². The van der Waals surface area contributed by atoms with Crippen LogP contribution in [0.4, 0.5) is 0 Å². The molecule has 3 heteroatoms. The number of aryl methyl sites for hydroxylation is 2. The van der Waals surface area contributed by atoms with Crippen molar-refractivity contribution in [1.82, 2.24) is 5.32 Å². The second kappa shape index (κ2) is 7.76. The maximum absolute atomic E-state index is 12.2. The number of benzene rings is 2. The number of nitrogens with one attached hydrogen (secondary N) is 1. The summed E-state index contributed by atoms with van der Waals surface area (Å²) < 4.78 is 0. The minimum Gasteiger partial charge on any atom is -0.345 e. The molecule has 2 rings (SSSR count). The van der Waals surface area contributed by atoms with Crippen molar-refractivity contribution in [3.8, 4) is 0 Å². The van der Waals surface area contributed by atoms with Crippen molar-refractivity contribution in [2.45, 2.75) is 32.7 Å². The summed E-state index contributed by atoms with van der Waals surface area (Å²) in [6.45, 7) is 4.66. The van der Waals surface area contributed by atoms with Crippen LogP contribution in [0.1, 0.15) is 41.1 Å². The topological polar surface area (TPSA) is 55.1 Å². The van der Waals surface area contributed by atoms with Crippen molar-refractivity contribution >= 4 is 5.91 Å². The number of carbonyl (C=O) groups is 1. The van der Waals surface area contributed by atoms with Gasteiger partial charge >= 0.3 is 0 Å². The summed E-state index contributed by atoms with van der Waals surface area (Å²) in [6.07, 6.45) is 1.17. The van der Waals surface area contributed by atoms with Gasteiger partial charge in [-0.05, 0) is 37.9 Å². The summed E-state index contributed by atoms with van der Waals surface area (Å²) >= 11 is 0. The maximum atomic E-state index is 12.2. The van der Waals surface area contributed by atoms with Crippen molar-refractivity contribution in [3.05, 3.63) is 70.8 Å². The molecule has 0 saturated heterocycles. The molecule has 22 heavy (non-hydrogen) atoms. The van der Waals surface area contributed by atoms with Gasteiger partial charge in [0.2, 0.25) is 5.91 Å². The van der Waals surface area contributed by atoms with E-state index >= 15 is 0 Å². The van der Waals surface area contributed by atoms with E-state index in [1.54, 1.807) is 0 Å². The Balaban J connectivity index is 2.30. The van der Waals surface area contributed by atoms with Crippen LogP contribution in [0.2, 0.25) is 0 Å². The van der Waals surface area contributed by atoms with E-state index in [-0.39, 0.29) is 11.9 Å². The van der Waals surface area contributed by atoms with Crippen molar-refractivity contribution in [2.75, 3.05) is 6.54 Å². The highest BCUT2D eigenvalue weighted by Crippen LogP contribution is 2.24. The summed E-state index contributed by atoms with van der Waals surface area (Å²) in [5.41, 5.74) is 10.1. The van der Waals surface area contributed by atoms with Gasteiger partial charge in [0.25, 0.3) is 0 Å². The first-order valence-electron chi connectivity index (χ1n) is 7.72. The Labute approximate surface area is 132 Å². The van der Waals surface area contributed by atoms with Gasteiger partial charge in [0.1, 0.15) is 0 Å². The van der Waals surface area contributed by atoms with Crippen molar-refractivity contribution in [2.24, 2.45) is 5.73 Å². The first kappa shape index (κ1) is 16.2. The van der Waals surface area contributed by atoms with E-state index in [0.29, 0.717) is 19.4 Å². The first-order chi connectivity index (χ1) is 10.6. The molecule has 2 aromatic rings. The SMILES string of the molecule is Cc1cccc(C(NC(=O)CCCN)c2cccc(C)c2)c1. The highest BCUT2D eigenvalue weighted by Gasteiger charge is 2.16. The Bertz CT molecular complexity index is 591. The second-order valence-electron chi connectivity index (χ2n) is 5.72. The average molecular weight is 296 g/mol. The van der Waals surface area contributed by atoms with Gasteiger partial charge in [0, 0.05) is 6.42 Å². The lowest BCUT2D eigenvalue weighted by atomic mass is 9.96. The normalized spacial score (nSPS) is 10.7. The lowest BCUT2D eigenvalue weighted by Gasteiger charge is -2.21. The third-order valence-corrected chi connectivity index (χ3v) is 3.66. The number of hydrogen-bond donors (Lipinski definition) is 2. The van der Waals surface area contributed by atoms with Gasteiger partial charge in [-0.1, -0.05) is 59.7 Å². The van der Waals surface area contributed by atoms with Gasteiger partial charge in [-0.25, -0.2) is 0 Å². The van der Waals surface area contributed by atoms with Crippen molar-refractivity contribution in [3.63, 3.8) is 0 Å². The number of rotatable bonds is 6. The zero-order valence-corrected chi connectivity index (χ0v) is 13.3. The van der Waals surface area contributed by atoms with Crippen molar-refractivity contribution < 1.29 is 4.79 Å². The van der Waals surface area contributed by atoms with Crippen LogP contribution in [0.25, 0.3) is 0 Å². The summed E-state index contributed by atoms with van der Waals surface area (Å²) in [7, 11) is 0. The minimum atomic E-state index is -0.120. The molecule has 2 aromatic carbocycles. The van der Waals surface area contributed by atoms with Crippen molar-refractivity contribution in [1.29, 1.82) is 0 Å². The molecule has 0 unspecified atom stereocenters. The summed E-state index contributed by atoms with van der Waals surface area (Å²) in [5.74, 6) is 0.0402. The van der Waals surface area contributed by atoms with Gasteiger partial charge in [-0.15, -0.1) is 0 Å². The largest absolute Gasteiger partial charge is 0.345 e. The molecular weight excluding hydrogens is 272 g/mol. The van der Waals surface area contributed by atoms with E-state index < -0.39 is 0 Å². The molecule has 3 N–H and O–H groups in total. The fourth-order valence-electron chi connectivity index (χ4n) is 2.55. The fraction of sp³-hybridized carbons (Fsp3) is 0.316. The minimum absolute atomic E-state index is 0.0402. The van der Waals surface area contributed by atoms with E-state index in [1.165, 1.54) is 11.1 Å². The van der Waals surface area contributed by atoms with Crippen LogP contribution in [-0.4, -0.2) is 12.5 Å². The molecule has 0 aliphatic rings. The van der Waals surface area contributed by atoms with Gasteiger partial charge in [-0.3, -0.25) is 4.79 Å². The first-order valence-corrected chi connectivity index (χ1v) is 7.72. The third-order valence-electron chi connectivity index (χ3n) is 3.66. The van der Waals surface area contributed by atoms with Gasteiger partial charge in [-0.2, -0.15) is 0 Å². The molecule has 0 atom stereocenters. The van der Waals surface area contributed by atoms with E-state index in [2.05, 4.69) is 55.6 Å². The zero-order chi connectivity index (χ0) is 15.9. The van der Waals surface area contributed by atoms with Crippen LogP contribution in [-0.2, 0) is 4.79 Å². The van der Waals surface area contributed by atoms with Crippen LogP contribution < -0.4 is 11.1 Å². The Hall–Kier alpha value is -2.13. The molecule has 0 spiro atoms. The lowest BCUT2D eigenvalue weighted by Crippen LogP contribution is -2.29. The molecule has 0 radical (unpaired) electrons. The smallest absolute Gasteiger partial charge is 0.220 e. The number of nitrogens with two attached hydrogens (primary N) is 1. The van der Waals surface area contributed by atoms with E-state index in [4.69, 9.17) is 5.73 Å². The Morgan fingerprint density at radius 3 is 2.05 bits per heavy atom. The molecule has 0 aromatic heterocycles. The van der Waals surface area contributed by atoms with Crippen LogP contribution in [0.3, 0.4) is 0 Å². The third kappa shape index (κ3) is 4.43. The maximum Gasteiger partial charge on any atom is 0.220 e. The number of amides is 1. The molecule has 0 heterocycles. The summed E-state index contributed by atoms with van der Waals surface area (Å²) in [4.78, 5) is 12.2. The predicted octanol–water partition coefficient (Wildman–Crippen LogP) is 3.25. The Kier molecular flexibility index (Phi) is 5.73. The highest BCUT2D eigenvalue weighted by atomic mass is 16.1. The Morgan fingerprint density at radius 1 is 1.05 bits per heavy atom. The molecule has 116 valence electrons. The number of carbonyl (C=O) groups excluding carboxylic acids is 1. The molecule has 0 aliphatic heterocycles. The number of hydrogen-bond acceptors (Lipinski definition) is 2. The fourth-order valence-corrected chi connectivity index (χ4v) is 2.55. The highest BCUT2D eigenvalue weighted by molar-refractivity contribution is 5.77. The average Bonchev–Trinajstić information content (AvgIpc) is 2.50. The molecule has 0 fully saturated rings. The standard InChI is InChI=1S/C19H24N2O/c1-14-6-3-8-16(12-14)19(21-18(22)10-5-11-20)17-9-4-7-15(2)13-17/h3-4,6-9,12-13,19H,5,10-11,20H2,1-2H3,(H,21,22). The predicted molar refractivity (Wildman–Crippen MR) is 90.6 cm³/mol. The molecular formula is C19H24N2O. The lowest BCUT2D eigenvalue weighted by molar-refractivity contribution is -0.121. The summed E-state index contributed by atoms with van der Waals surface area (Å²) in [5, 5.41) is 3.14. The van der Waals surface area contributed by atoms with Gasteiger partial charge in [0.05, 0.1) is 6.04 Å². The monoisotopic (exact) mass is 296 g/mol. The van der Waals surface area contributed by atoms with Crippen LogP contribution in [0, 0.1) is 13.8 Å². The van der Waals surface area contributed by atoms with E-state index in [9.17, 15) is 4.79 Å². The molecule has 0 bridgehead atoms. The van der Waals surface area contributed by atoms with Gasteiger partial charge < -0.3 is 11.1 Å². The van der Waals surface area contributed by atoms with Crippen LogP contribution in [0.5, 0.6) is 0 Å². The second-order valence-corrected chi connectivity index (χ2v) is 5.72. The quantitative estimate of drug-likeness (QED) is 0.859. The van der Waals surface area contributed by atoms with Crippen LogP contribution >= 0.6 is 0 Å². The molecule has 3 nitrogen and oxygen atoms in total. The summed E-state index contributed by atoms with van der Waals surface area (Å²) in [6, 6.07) is 16.4.